The van der Waals surface area contributed by atoms with Gasteiger partial charge in [-0.3, -0.25) is 0 Å². The number of ether oxygens (including phenoxy) is 1. The lowest BCUT2D eigenvalue weighted by molar-refractivity contribution is 0.0285. The number of rotatable bonds is 6. The number of anilines is 1. The van der Waals surface area contributed by atoms with E-state index in [1.165, 1.54) is 11.8 Å². The van der Waals surface area contributed by atoms with Crippen LogP contribution in [0.15, 0.2) is 42.5 Å². The van der Waals surface area contributed by atoms with Crippen LogP contribution in [0.25, 0.3) is 0 Å². The predicted octanol–water partition coefficient (Wildman–Crippen LogP) is 4.36. The van der Waals surface area contributed by atoms with Gasteiger partial charge in [0, 0.05) is 30.9 Å². The average molecular weight is 449 g/mol. The summed E-state index contributed by atoms with van der Waals surface area (Å²) in [6.07, 6.45) is -0.441. The van der Waals surface area contributed by atoms with E-state index in [1.54, 1.807) is 52.1 Å². The zero-order valence-electron chi connectivity index (χ0n) is 18.8. The number of nitrogens with zero attached hydrogens (tertiary/aromatic N) is 1. The van der Waals surface area contributed by atoms with Crippen LogP contribution in [0.3, 0.4) is 0 Å². The number of hydrogen-bond acceptors (Lipinski definition) is 4. The van der Waals surface area contributed by atoms with E-state index in [9.17, 15) is 23.5 Å². The first-order valence-electron chi connectivity index (χ1n) is 10.0. The van der Waals surface area contributed by atoms with Crippen molar-refractivity contribution >= 4 is 17.8 Å². The molecule has 0 heterocycles. The third-order valence-electron chi connectivity index (χ3n) is 4.44. The summed E-state index contributed by atoms with van der Waals surface area (Å²) in [5, 5.41) is 15.5. The Morgan fingerprint density at radius 3 is 2.25 bits per heavy atom. The normalized spacial score (nSPS) is 13.1. The second-order valence-electron chi connectivity index (χ2n) is 8.74. The molecular formula is C23H29F2N3O4. The number of amides is 3. The number of carbonyl (C=O) groups is 2. The van der Waals surface area contributed by atoms with Crippen LogP contribution in [0.5, 0.6) is 0 Å². The van der Waals surface area contributed by atoms with Gasteiger partial charge in [0.2, 0.25) is 0 Å². The number of nitrogens with one attached hydrogen (secondary N) is 2. The van der Waals surface area contributed by atoms with Crippen molar-refractivity contribution in [2.45, 2.75) is 45.4 Å². The van der Waals surface area contributed by atoms with E-state index in [0.29, 0.717) is 18.3 Å². The Morgan fingerprint density at radius 2 is 1.69 bits per heavy atom. The van der Waals surface area contributed by atoms with Gasteiger partial charge in [-0.05, 0) is 51.5 Å². The standard InChI is InChI=1S/C23H29F2N3O4/c1-22(2,3)32-21(30)28(5)13-15-6-9-17(10-7-15)27-20(29)26-14-23(4,31)18-11-8-16(24)12-19(18)25/h6-12,31H,13-14H2,1-5H3,(H2,26,27,29). The van der Waals surface area contributed by atoms with E-state index < -0.39 is 35.0 Å². The van der Waals surface area contributed by atoms with Gasteiger partial charge in [0.15, 0.2) is 0 Å². The molecule has 9 heteroatoms. The maximum atomic E-state index is 13.9. The van der Waals surface area contributed by atoms with Gasteiger partial charge in [-0.1, -0.05) is 18.2 Å². The molecule has 3 amide bonds. The van der Waals surface area contributed by atoms with Crippen molar-refractivity contribution in [2.75, 3.05) is 18.9 Å². The van der Waals surface area contributed by atoms with Crippen molar-refractivity contribution in [3.8, 4) is 0 Å². The Bertz CT molecular complexity index is 957. The summed E-state index contributed by atoms with van der Waals surface area (Å²) in [5.41, 5.74) is -1.12. The lowest BCUT2D eigenvalue weighted by Gasteiger charge is -2.25. The van der Waals surface area contributed by atoms with Gasteiger partial charge in [-0.2, -0.15) is 0 Å². The van der Waals surface area contributed by atoms with Crippen LogP contribution in [-0.2, 0) is 16.9 Å². The molecule has 0 saturated heterocycles. The van der Waals surface area contributed by atoms with Crippen molar-refractivity contribution < 1.29 is 28.2 Å². The van der Waals surface area contributed by atoms with Gasteiger partial charge in [-0.25, -0.2) is 18.4 Å². The van der Waals surface area contributed by atoms with E-state index in [0.717, 1.165) is 17.7 Å². The van der Waals surface area contributed by atoms with E-state index in [1.807, 2.05) is 0 Å². The van der Waals surface area contributed by atoms with Crippen molar-refractivity contribution in [1.82, 2.24) is 10.2 Å². The highest BCUT2D eigenvalue weighted by Gasteiger charge is 2.27. The third-order valence-corrected chi connectivity index (χ3v) is 4.44. The molecule has 0 aromatic heterocycles. The van der Waals surface area contributed by atoms with Crippen LogP contribution in [0.2, 0.25) is 0 Å². The second-order valence-corrected chi connectivity index (χ2v) is 8.74. The van der Waals surface area contributed by atoms with Crippen LogP contribution in [-0.4, -0.2) is 41.3 Å². The van der Waals surface area contributed by atoms with E-state index in [-0.39, 0.29) is 12.1 Å². The lowest BCUT2D eigenvalue weighted by Crippen LogP contribution is -2.41. The topological polar surface area (TPSA) is 90.9 Å². The van der Waals surface area contributed by atoms with Crippen molar-refractivity contribution in [2.24, 2.45) is 0 Å². The Hall–Kier alpha value is -3.20. The van der Waals surface area contributed by atoms with Gasteiger partial charge in [-0.15, -0.1) is 0 Å². The molecule has 1 unspecified atom stereocenters. The van der Waals surface area contributed by atoms with Crippen LogP contribution in [0.4, 0.5) is 24.1 Å². The molecular weight excluding hydrogens is 420 g/mol. The van der Waals surface area contributed by atoms with Crippen molar-refractivity contribution in [1.29, 1.82) is 0 Å². The Morgan fingerprint density at radius 1 is 1.06 bits per heavy atom. The van der Waals surface area contributed by atoms with E-state index in [4.69, 9.17) is 4.74 Å². The number of benzene rings is 2. The number of halogens is 2. The molecule has 7 nitrogen and oxygen atoms in total. The molecule has 1 atom stereocenters. The van der Waals surface area contributed by atoms with Gasteiger partial charge in [0.1, 0.15) is 22.8 Å². The maximum Gasteiger partial charge on any atom is 0.410 e. The molecule has 3 N–H and O–H groups in total. The maximum absolute atomic E-state index is 13.9. The molecule has 32 heavy (non-hydrogen) atoms. The third kappa shape index (κ3) is 7.49. The molecule has 0 bridgehead atoms. The molecule has 0 aliphatic heterocycles. The number of aliphatic hydroxyl groups is 1. The summed E-state index contributed by atoms with van der Waals surface area (Å²) in [6.45, 7) is 6.73. The summed E-state index contributed by atoms with van der Waals surface area (Å²) in [4.78, 5) is 25.6. The molecule has 0 aliphatic carbocycles. The first-order chi connectivity index (χ1) is 14.8. The molecule has 0 saturated carbocycles. The monoisotopic (exact) mass is 449 g/mol. The second kappa shape index (κ2) is 9.95. The van der Waals surface area contributed by atoms with Crippen molar-refractivity contribution in [3.63, 3.8) is 0 Å². The molecule has 0 radical (unpaired) electrons. The fraction of sp³-hybridized carbons (Fsp3) is 0.391. The minimum atomic E-state index is -1.73. The summed E-state index contributed by atoms with van der Waals surface area (Å²) < 4.78 is 32.3. The van der Waals surface area contributed by atoms with Crippen LogP contribution in [0, 0.1) is 11.6 Å². The quantitative estimate of drug-likeness (QED) is 0.611. The lowest BCUT2D eigenvalue weighted by atomic mass is 9.95. The van der Waals surface area contributed by atoms with Gasteiger partial charge < -0.3 is 25.4 Å². The number of hydrogen-bond donors (Lipinski definition) is 3. The van der Waals surface area contributed by atoms with Gasteiger partial charge in [0.05, 0.1) is 6.54 Å². The SMILES string of the molecule is CN(Cc1ccc(NC(=O)NCC(C)(O)c2ccc(F)cc2F)cc1)C(=O)OC(C)(C)C. The first kappa shape index (κ1) is 25.1. The molecule has 0 fully saturated rings. The Labute approximate surface area is 186 Å². The van der Waals surface area contributed by atoms with Gasteiger partial charge in [0.25, 0.3) is 0 Å². The Balaban J connectivity index is 1.89. The average Bonchev–Trinajstić information content (AvgIpc) is 2.66. The largest absolute Gasteiger partial charge is 0.444 e. The van der Waals surface area contributed by atoms with E-state index in [2.05, 4.69) is 10.6 Å². The predicted molar refractivity (Wildman–Crippen MR) is 117 cm³/mol. The molecule has 0 aliphatic rings. The van der Waals surface area contributed by atoms with Crippen LogP contribution in [0.1, 0.15) is 38.8 Å². The molecule has 0 spiro atoms. The van der Waals surface area contributed by atoms with Crippen LogP contribution < -0.4 is 10.6 Å². The minimum Gasteiger partial charge on any atom is -0.444 e. The number of urea groups is 1. The highest BCUT2D eigenvalue weighted by Crippen LogP contribution is 2.23. The highest BCUT2D eigenvalue weighted by atomic mass is 19.1. The summed E-state index contributed by atoms with van der Waals surface area (Å²) in [5.74, 6) is -1.65. The summed E-state index contributed by atoms with van der Waals surface area (Å²) >= 11 is 0. The fourth-order valence-electron chi connectivity index (χ4n) is 2.82. The zero-order valence-corrected chi connectivity index (χ0v) is 18.8. The molecule has 2 aromatic carbocycles. The molecule has 174 valence electrons. The first-order valence-corrected chi connectivity index (χ1v) is 10.0. The van der Waals surface area contributed by atoms with E-state index >= 15 is 0 Å². The molecule has 2 rings (SSSR count). The molecule has 2 aromatic rings. The Kier molecular flexibility index (Phi) is 7.79. The summed E-state index contributed by atoms with van der Waals surface area (Å²) in [6, 6.07) is 9.07. The minimum absolute atomic E-state index is 0.127. The highest BCUT2D eigenvalue weighted by molar-refractivity contribution is 5.89. The fourth-order valence-corrected chi connectivity index (χ4v) is 2.82. The van der Waals surface area contributed by atoms with Crippen LogP contribution >= 0.6 is 0 Å². The smallest absolute Gasteiger partial charge is 0.410 e. The van der Waals surface area contributed by atoms with Crippen molar-refractivity contribution in [3.05, 3.63) is 65.2 Å². The number of carbonyl (C=O) groups excluding carboxylic acids is 2. The van der Waals surface area contributed by atoms with Gasteiger partial charge >= 0.3 is 12.1 Å². The zero-order chi connectivity index (χ0) is 24.1. The summed E-state index contributed by atoms with van der Waals surface area (Å²) in [7, 11) is 1.63.